The Labute approximate surface area is 174 Å². The molecule has 0 fully saturated rings. The summed E-state index contributed by atoms with van der Waals surface area (Å²) in [6.07, 6.45) is -3.05. The second-order valence-corrected chi connectivity index (χ2v) is 6.80. The number of amides is 1. The molecule has 3 rings (SSSR count). The lowest BCUT2D eigenvalue weighted by Gasteiger charge is -2.15. The van der Waals surface area contributed by atoms with E-state index in [1.54, 1.807) is 13.8 Å². The number of nitrogens with one attached hydrogen (secondary N) is 1. The van der Waals surface area contributed by atoms with Gasteiger partial charge in [0.25, 0.3) is 5.91 Å². The Balaban J connectivity index is 1.82. The van der Waals surface area contributed by atoms with Crippen molar-refractivity contribution in [2.45, 2.75) is 26.1 Å². The summed E-state index contributed by atoms with van der Waals surface area (Å²) in [7, 11) is 0. The molecule has 1 aromatic heterocycles. The number of aromatic hydroxyl groups is 1. The molecular formula is C20H17F3N4O4. The van der Waals surface area contributed by atoms with Crippen LogP contribution in [0, 0.1) is 17.0 Å². The van der Waals surface area contributed by atoms with Crippen molar-refractivity contribution in [3.8, 4) is 11.4 Å². The van der Waals surface area contributed by atoms with Crippen molar-refractivity contribution < 1.29 is 28.0 Å². The average molecular weight is 434 g/mol. The molecule has 1 atom stereocenters. The van der Waals surface area contributed by atoms with Crippen LogP contribution in [0.3, 0.4) is 0 Å². The van der Waals surface area contributed by atoms with Gasteiger partial charge in [0, 0.05) is 22.9 Å². The smallest absolute Gasteiger partial charge is 0.416 e. The Bertz CT molecular complexity index is 1160. The third-order valence-electron chi connectivity index (χ3n) is 4.71. The van der Waals surface area contributed by atoms with Crippen LogP contribution in [0.5, 0.6) is 5.75 Å². The predicted molar refractivity (Wildman–Crippen MR) is 104 cm³/mol. The number of halogens is 3. The van der Waals surface area contributed by atoms with Crippen molar-refractivity contribution in [3.63, 3.8) is 0 Å². The second kappa shape index (κ2) is 8.09. The van der Waals surface area contributed by atoms with E-state index in [1.807, 2.05) is 0 Å². The van der Waals surface area contributed by atoms with Gasteiger partial charge in [-0.3, -0.25) is 14.9 Å². The summed E-state index contributed by atoms with van der Waals surface area (Å²) in [6, 6.07) is 7.35. The molecule has 0 aliphatic carbocycles. The Hall–Kier alpha value is -3.89. The number of hydrogen-bond acceptors (Lipinski definition) is 5. The topological polar surface area (TPSA) is 110 Å². The molecule has 0 radical (unpaired) electrons. The molecule has 0 saturated carbocycles. The number of nitro groups is 1. The monoisotopic (exact) mass is 434 g/mol. The molecular weight excluding hydrogens is 417 g/mol. The first-order chi connectivity index (χ1) is 14.5. The van der Waals surface area contributed by atoms with E-state index in [1.165, 1.54) is 29.1 Å². The zero-order valence-corrected chi connectivity index (χ0v) is 16.3. The first kappa shape index (κ1) is 21.8. The molecule has 1 heterocycles. The van der Waals surface area contributed by atoms with Crippen LogP contribution in [0.1, 0.15) is 40.1 Å². The van der Waals surface area contributed by atoms with Crippen LogP contribution in [0.4, 0.5) is 18.9 Å². The Kier molecular flexibility index (Phi) is 5.69. The predicted octanol–water partition coefficient (Wildman–Crippen LogP) is 4.30. The summed E-state index contributed by atoms with van der Waals surface area (Å²) < 4.78 is 40.3. The summed E-state index contributed by atoms with van der Waals surface area (Å²) in [5.41, 5.74) is -0.00517. The van der Waals surface area contributed by atoms with Crippen molar-refractivity contribution in [3.05, 3.63) is 81.2 Å². The number of carbonyl (C=O) groups is 1. The zero-order chi connectivity index (χ0) is 22.9. The van der Waals surface area contributed by atoms with Crippen LogP contribution >= 0.6 is 0 Å². The third-order valence-corrected chi connectivity index (χ3v) is 4.71. The lowest BCUT2D eigenvalue weighted by molar-refractivity contribution is -0.385. The Morgan fingerprint density at radius 1 is 1.26 bits per heavy atom. The van der Waals surface area contributed by atoms with E-state index in [0.717, 1.165) is 24.3 Å². The van der Waals surface area contributed by atoms with Crippen LogP contribution in [0.25, 0.3) is 5.69 Å². The number of benzene rings is 2. The molecule has 11 heteroatoms. The summed E-state index contributed by atoms with van der Waals surface area (Å²) in [5, 5.41) is 27.3. The largest absolute Gasteiger partial charge is 0.502 e. The number of rotatable bonds is 5. The van der Waals surface area contributed by atoms with Crippen LogP contribution in [0.2, 0.25) is 0 Å². The second-order valence-electron chi connectivity index (χ2n) is 6.80. The van der Waals surface area contributed by atoms with Crippen LogP contribution in [0.15, 0.2) is 48.7 Å². The van der Waals surface area contributed by atoms with Gasteiger partial charge in [-0.15, -0.1) is 0 Å². The molecule has 0 bridgehead atoms. The van der Waals surface area contributed by atoms with Crippen LogP contribution in [-0.4, -0.2) is 25.7 Å². The fraction of sp³-hybridized carbons (Fsp3) is 0.200. The number of carbonyl (C=O) groups excluding carboxylic acids is 1. The highest BCUT2D eigenvalue weighted by Crippen LogP contribution is 2.31. The summed E-state index contributed by atoms with van der Waals surface area (Å²) in [4.78, 5) is 22.5. The van der Waals surface area contributed by atoms with E-state index in [4.69, 9.17) is 0 Å². The van der Waals surface area contributed by atoms with Crippen molar-refractivity contribution in [2.75, 3.05) is 0 Å². The molecule has 0 saturated heterocycles. The van der Waals surface area contributed by atoms with Gasteiger partial charge >= 0.3 is 11.9 Å². The number of nitro benzene ring substituents is 1. The minimum Gasteiger partial charge on any atom is -0.502 e. The molecule has 31 heavy (non-hydrogen) atoms. The standard InChI is InChI=1S/C20H17F3N4O4/c1-11(25-19(29)13-6-7-17(27(30)31)18(28)8-13)16-10-24-26(12(16)2)15-5-3-4-14(9-15)20(21,22)23/h3-11,28H,1-2H3,(H,25,29)/t11-/m1/s1. The van der Waals surface area contributed by atoms with E-state index < -0.39 is 40.0 Å². The molecule has 162 valence electrons. The molecule has 2 N–H and O–H groups in total. The molecule has 1 amide bonds. The fourth-order valence-electron chi connectivity index (χ4n) is 3.10. The van der Waals surface area contributed by atoms with E-state index >= 15 is 0 Å². The number of phenolic OH excluding ortho intramolecular Hbond substituents is 1. The van der Waals surface area contributed by atoms with Gasteiger partial charge in [0.15, 0.2) is 5.75 Å². The highest BCUT2D eigenvalue weighted by atomic mass is 19.4. The van der Waals surface area contributed by atoms with Crippen molar-refractivity contribution in [1.29, 1.82) is 0 Å². The SMILES string of the molecule is Cc1c([C@@H](C)NC(=O)c2ccc([N+](=O)[O-])c(O)c2)cnn1-c1cccc(C(F)(F)F)c1. The normalized spacial score (nSPS) is 12.4. The highest BCUT2D eigenvalue weighted by Gasteiger charge is 2.30. The highest BCUT2D eigenvalue weighted by molar-refractivity contribution is 5.95. The minimum absolute atomic E-state index is 0.0119. The lowest BCUT2D eigenvalue weighted by atomic mass is 10.1. The first-order valence-electron chi connectivity index (χ1n) is 8.99. The number of aromatic nitrogens is 2. The van der Waals surface area contributed by atoms with Gasteiger partial charge in [0.05, 0.1) is 28.4 Å². The summed E-state index contributed by atoms with van der Waals surface area (Å²) >= 11 is 0. The fourth-order valence-corrected chi connectivity index (χ4v) is 3.10. The van der Waals surface area contributed by atoms with Gasteiger partial charge in [-0.25, -0.2) is 4.68 Å². The molecule has 0 aliphatic heterocycles. The van der Waals surface area contributed by atoms with Gasteiger partial charge in [0.2, 0.25) is 0 Å². The average Bonchev–Trinajstić information content (AvgIpc) is 3.08. The number of hydrogen-bond donors (Lipinski definition) is 2. The molecule has 0 aliphatic rings. The van der Waals surface area contributed by atoms with Gasteiger partial charge < -0.3 is 10.4 Å². The number of nitrogens with zero attached hydrogens (tertiary/aromatic N) is 3. The van der Waals surface area contributed by atoms with E-state index in [9.17, 15) is 33.2 Å². The number of phenols is 1. The van der Waals surface area contributed by atoms with Gasteiger partial charge in [-0.05, 0) is 44.2 Å². The van der Waals surface area contributed by atoms with Crippen LogP contribution < -0.4 is 5.32 Å². The molecule has 2 aromatic carbocycles. The lowest BCUT2D eigenvalue weighted by Crippen LogP contribution is -2.27. The van der Waals surface area contributed by atoms with Crippen molar-refractivity contribution in [2.24, 2.45) is 0 Å². The summed E-state index contributed by atoms with van der Waals surface area (Å²) in [6.45, 7) is 3.31. The molecule has 0 spiro atoms. The third kappa shape index (κ3) is 4.49. The molecule has 0 unspecified atom stereocenters. The van der Waals surface area contributed by atoms with Gasteiger partial charge in [-0.1, -0.05) is 6.07 Å². The maximum absolute atomic E-state index is 13.0. The minimum atomic E-state index is -4.49. The Morgan fingerprint density at radius 3 is 2.58 bits per heavy atom. The molecule has 8 nitrogen and oxygen atoms in total. The molecule has 3 aromatic rings. The zero-order valence-electron chi connectivity index (χ0n) is 16.3. The quantitative estimate of drug-likeness (QED) is 0.459. The summed E-state index contributed by atoms with van der Waals surface area (Å²) in [5.74, 6) is -1.23. The van der Waals surface area contributed by atoms with E-state index in [0.29, 0.717) is 11.3 Å². The van der Waals surface area contributed by atoms with Crippen molar-refractivity contribution >= 4 is 11.6 Å². The maximum atomic E-state index is 13.0. The van der Waals surface area contributed by atoms with Crippen LogP contribution in [-0.2, 0) is 6.18 Å². The van der Waals surface area contributed by atoms with Crippen molar-refractivity contribution in [1.82, 2.24) is 15.1 Å². The van der Waals surface area contributed by atoms with Gasteiger partial charge in [-0.2, -0.15) is 18.3 Å². The Morgan fingerprint density at radius 2 is 1.97 bits per heavy atom. The van der Waals surface area contributed by atoms with E-state index in [2.05, 4.69) is 10.4 Å². The van der Waals surface area contributed by atoms with Gasteiger partial charge in [0.1, 0.15) is 0 Å². The van der Waals surface area contributed by atoms with E-state index in [-0.39, 0.29) is 11.3 Å². The maximum Gasteiger partial charge on any atom is 0.416 e. The first-order valence-corrected chi connectivity index (χ1v) is 8.99. The number of alkyl halides is 3.